The van der Waals surface area contributed by atoms with Crippen LogP contribution in [0.4, 0.5) is 5.69 Å². The monoisotopic (exact) mass is 300 g/mol. The van der Waals surface area contributed by atoms with Crippen molar-refractivity contribution in [2.75, 3.05) is 19.4 Å². The number of benzene rings is 1. The van der Waals surface area contributed by atoms with Crippen molar-refractivity contribution in [3.05, 3.63) is 23.8 Å². The number of rotatable bonds is 6. The zero-order chi connectivity index (χ0) is 15.5. The molecule has 0 fully saturated rings. The molecule has 112 valence electrons. The Labute approximate surface area is 119 Å². The maximum atomic E-state index is 12.0. The molecule has 0 aliphatic carbocycles. The maximum Gasteiger partial charge on any atom is 0.337 e. The Morgan fingerprint density at radius 3 is 2.45 bits per heavy atom. The third-order valence-corrected chi connectivity index (χ3v) is 4.83. The van der Waals surface area contributed by atoms with Crippen LogP contribution in [0.2, 0.25) is 0 Å². The van der Waals surface area contributed by atoms with Crippen molar-refractivity contribution in [3.8, 4) is 0 Å². The van der Waals surface area contributed by atoms with E-state index in [-0.39, 0.29) is 16.5 Å². The molecular weight excluding hydrogens is 280 g/mol. The normalized spacial score (nSPS) is 13.2. The van der Waals surface area contributed by atoms with Gasteiger partial charge < -0.3 is 10.4 Å². The number of carboxylic acids is 1. The fraction of sp³-hybridized carbons (Fsp3) is 0.462. The van der Waals surface area contributed by atoms with Crippen molar-refractivity contribution in [2.45, 2.75) is 31.2 Å². The lowest BCUT2D eigenvalue weighted by molar-refractivity contribution is 0.0697. The van der Waals surface area contributed by atoms with Crippen LogP contribution in [0, 0.1) is 0 Å². The third kappa shape index (κ3) is 3.49. The van der Waals surface area contributed by atoms with Crippen LogP contribution in [0.5, 0.6) is 0 Å². The smallest absolute Gasteiger partial charge is 0.337 e. The van der Waals surface area contributed by atoms with Crippen LogP contribution in [0.3, 0.4) is 0 Å². The molecule has 0 aliphatic rings. The number of nitrogens with zero attached hydrogens (tertiary/aromatic N) is 1. The molecule has 20 heavy (non-hydrogen) atoms. The molecule has 1 unspecified atom stereocenters. The van der Waals surface area contributed by atoms with Gasteiger partial charge in [0.1, 0.15) is 0 Å². The van der Waals surface area contributed by atoms with E-state index in [1.165, 1.54) is 32.3 Å². The fourth-order valence-electron chi connectivity index (χ4n) is 1.56. The minimum atomic E-state index is -3.64. The third-order valence-electron chi connectivity index (χ3n) is 3.01. The van der Waals surface area contributed by atoms with Gasteiger partial charge in [0.25, 0.3) is 0 Å². The standard InChI is InChI=1S/C13H20N2O4S/c1-5-9(2)14-12-7-6-10(8-11(12)13(16)17)20(18,19)15(3)4/h6-9,14H,5H2,1-4H3,(H,16,17). The summed E-state index contributed by atoms with van der Waals surface area (Å²) in [6.45, 7) is 3.90. The summed E-state index contributed by atoms with van der Waals surface area (Å²) in [6.07, 6.45) is 0.830. The molecular formula is C13H20N2O4S. The van der Waals surface area contributed by atoms with Gasteiger partial charge in [-0.1, -0.05) is 6.92 Å². The fourth-order valence-corrected chi connectivity index (χ4v) is 2.49. The molecule has 0 saturated heterocycles. The van der Waals surface area contributed by atoms with E-state index in [2.05, 4.69) is 5.32 Å². The van der Waals surface area contributed by atoms with E-state index in [0.29, 0.717) is 5.69 Å². The molecule has 1 aromatic carbocycles. The van der Waals surface area contributed by atoms with Gasteiger partial charge in [-0.2, -0.15) is 0 Å². The highest BCUT2D eigenvalue weighted by Gasteiger charge is 2.21. The highest BCUT2D eigenvalue weighted by atomic mass is 32.2. The van der Waals surface area contributed by atoms with E-state index >= 15 is 0 Å². The summed E-state index contributed by atoms with van der Waals surface area (Å²) in [5.74, 6) is -1.16. The largest absolute Gasteiger partial charge is 0.478 e. The summed E-state index contributed by atoms with van der Waals surface area (Å²) in [5, 5.41) is 12.3. The highest BCUT2D eigenvalue weighted by Crippen LogP contribution is 2.23. The van der Waals surface area contributed by atoms with E-state index in [9.17, 15) is 18.3 Å². The number of carboxylic acid groups (broad SMARTS) is 1. The number of carbonyl (C=O) groups is 1. The SMILES string of the molecule is CCC(C)Nc1ccc(S(=O)(=O)N(C)C)cc1C(=O)O. The van der Waals surface area contributed by atoms with E-state index in [1.54, 1.807) is 0 Å². The van der Waals surface area contributed by atoms with Gasteiger partial charge in [0.15, 0.2) is 0 Å². The Kier molecular flexibility index (Phi) is 5.13. The summed E-state index contributed by atoms with van der Waals surface area (Å²) in [4.78, 5) is 11.3. The van der Waals surface area contributed by atoms with Crippen molar-refractivity contribution in [3.63, 3.8) is 0 Å². The molecule has 0 bridgehead atoms. The number of hydrogen-bond acceptors (Lipinski definition) is 4. The molecule has 0 heterocycles. The van der Waals surface area contributed by atoms with Crippen molar-refractivity contribution in [1.82, 2.24) is 4.31 Å². The van der Waals surface area contributed by atoms with Gasteiger partial charge in [0.2, 0.25) is 10.0 Å². The van der Waals surface area contributed by atoms with Crippen LogP contribution in [0.1, 0.15) is 30.6 Å². The molecule has 2 N–H and O–H groups in total. The van der Waals surface area contributed by atoms with Gasteiger partial charge in [-0.15, -0.1) is 0 Å². The minimum absolute atomic E-state index is 0.0328. The summed E-state index contributed by atoms with van der Waals surface area (Å²) in [6, 6.07) is 4.19. The second-order valence-electron chi connectivity index (χ2n) is 4.75. The number of anilines is 1. The average molecular weight is 300 g/mol. The summed E-state index contributed by atoms with van der Waals surface area (Å²) in [7, 11) is -0.834. The zero-order valence-electron chi connectivity index (χ0n) is 12.0. The Balaban J connectivity index is 3.31. The van der Waals surface area contributed by atoms with Crippen LogP contribution >= 0.6 is 0 Å². The van der Waals surface area contributed by atoms with Gasteiger partial charge >= 0.3 is 5.97 Å². The molecule has 6 nitrogen and oxygen atoms in total. The molecule has 0 aromatic heterocycles. The number of nitrogens with one attached hydrogen (secondary N) is 1. The Hall–Kier alpha value is -1.60. The van der Waals surface area contributed by atoms with Crippen molar-refractivity contribution < 1.29 is 18.3 Å². The molecule has 0 spiro atoms. The molecule has 1 rings (SSSR count). The Bertz CT molecular complexity index is 596. The molecule has 1 atom stereocenters. The first kappa shape index (κ1) is 16.5. The van der Waals surface area contributed by atoms with Crippen molar-refractivity contribution in [1.29, 1.82) is 0 Å². The summed E-state index contributed by atoms with van der Waals surface area (Å²) < 4.78 is 25.1. The van der Waals surface area contributed by atoms with Crippen LogP contribution < -0.4 is 5.32 Å². The van der Waals surface area contributed by atoms with Gasteiger partial charge in [-0.25, -0.2) is 17.5 Å². The number of hydrogen-bond donors (Lipinski definition) is 2. The van der Waals surface area contributed by atoms with Gasteiger partial charge in [0, 0.05) is 25.8 Å². The summed E-state index contributed by atoms with van der Waals surface area (Å²) in [5.41, 5.74) is 0.373. The van der Waals surface area contributed by atoms with E-state index in [4.69, 9.17) is 0 Å². The van der Waals surface area contributed by atoms with E-state index in [1.807, 2.05) is 13.8 Å². The molecule has 1 aromatic rings. The van der Waals surface area contributed by atoms with E-state index < -0.39 is 16.0 Å². The number of aromatic carboxylic acids is 1. The molecule has 0 amide bonds. The quantitative estimate of drug-likeness (QED) is 0.837. The van der Waals surface area contributed by atoms with Crippen LogP contribution in [0.25, 0.3) is 0 Å². The van der Waals surface area contributed by atoms with Crippen LogP contribution in [0.15, 0.2) is 23.1 Å². The second-order valence-corrected chi connectivity index (χ2v) is 6.91. The first-order chi connectivity index (χ1) is 9.20. The van der Waals surface area contributed by atoms with Crippen LogP contribution in [-0.4, -0.2) is 43.9 Å². The predicted molar refractivity (Wildman–Crippen MR) is 77.6 cm³/mol. The first-order valence-corrected chi connectivity index (χ1v) is 7.70. The van der Waals surface area contributed by atoms with Crippen molar-refractivity contribution in [2.24, 2.45) is 0 Å². The lowest BCUT2D eigenvalue weighted by Gasteiger charge is -2.17. The molecule has 0 aliphatic heterocycles. The van der Waals surface area contributed by atoms with Gasteiger partial charge in [-0.3, -0.25) is 0 Å². The predicted octanol–water partition coefficient (Wildman–Crippen LogP) is 1.85. The Morgan fingerprint density at radius 1 is 1.40 bits per heavy atom. The second kappa shape index (κ2) is 6.23. The topological polar surface area (TPSA) is 86.7 Å². The molecule has 7 heteroatoms. The zero-order valence-corrected chi connectivity index (χ0v) is 12.9. The average Bonchev–Trinajstić information content (AvgIpc) is 2.38. The van der Waals surface area contributed by atoms with E-state index in [0.717, 1.165) is 10.7 Å². The Morgan fingerprint density at radius 2 is 2.00 bits per heavy atom. The van der Waals surface area contributed by atoms with Gasteiger partial charge in [-0.05, 0) is 31.5 Å². The van der Waals surface area contributed by atoms with Crippen molar-refractivity contribution >= 4 is 21.7 Å². The number of sulfonamides is 1. The lowest BCUT2D eigenvalue weighted by atomic mass is 10.1. The minimum Gasteiger partial charge on any atom is -0.478 e. The first-order valence-electron chi connectivity index (χ1n) is 6.26. The molecule has 0 saturated carbocycles. The van der Waals surface area contributed by atoms with Gasteiger partial charge in [0.05, 0.1) is 10.5 Å². The lowest BCUT2D eigenvalue weighted by Crippen LogP contribution is -2.23. The highest BCUT2D eigenvalue weighted by molar-refractivity contribution is 7.89. The maximum absolute atomic E-state index is 12.0. The molecule has 0 radical (unpaired) electrons. The van der Waals surface area contributed by atoms with Crippen LogP contribution in [-0.2, 0) is 10.0 Å². The summed E-state index contributed by atoms with van der Waals surface area (Å²) >= 11 is 0.